The Morgan fingerprint density at radius 3 is 3.10 bits per heavy atom. The SMILES string of the molecule is Fc1ccccc1OCc1nc(C2CCCNC2)no1. The van der Waals surface area contributed by atoms with Gasteiger partial charge in [-0.05, 0) is 31.5 Å². The highest BCUT2D eigenvalue weighted by atomic mass is 19.1. The summed E-state index contributed by atoms with van der Waals surface area (Å²) in [6, 6.07) is 6.24. The van der Waals surface area contributed by atoms with Crippen molar-refractivity contribution in [2.24, 2.45) is 0 Å². The summed E-state index contributed by atoms with van der Waals surface area (Å²) >= 11 is 0. The first-order chi connectivity index (χ1) is 9.83. The summed E-state index contributed by atoms with van der Waals surface area (Å²) in [6.07, 6.45) is 2.17. The van der Waals surface area contributed by atoms with E-state index in [0.717, 1.165) is 25.9 Å². The molecule has 1 N–H and O–H groups in total. The Kier molecular flexibility index (Phi) is 3.92. The minimum atomic E-state index is -0.399. The van der Waals surface area contributed by atoms with Gasteiger partial charge in [-0.15, -0.1) is 0 Å². The summed E-state index contributed by atoms with van der Waals surface area (Å²) in [5.74, 6) is 1.14. The molecule has 1 fully saturated rings. The average molecular weight is 277 g/mol. The van der Waals surface area contributed by atoms with Crippen LogP contribution in [0.3, 0.4) is 0 Å². The second-order valence-electron chi connectivity index (χ2n) is 4.81. The zero-order valence-corrected chi connectivity index (χ0v) is 11.0. The van der Waals surface area contributed by atoms with Gasteiger partial charge in [0.1, 0.15) is 0 Å². The van der Waals surface area contributed by atoms with Crippen LogP contribution in [0.1, 0.15) is 30.5 Å². The van der Waals surface area contributed by atoms with Crippen LogP contribution >= 0.6 is 0 Å². The van der Waals surface area contributed by atoms with E-state index in [1.165, 1.54) is 6.07 Å². The van der Waals surface area contributed by atoms with E-state index in [1.54, 1.807) is 18.2 Å². The molecule has 0 aliphatic carbocycles. The molecular formula is C14H16FN3O2. The first kappa shape index (κ1) is 13.1. The fourth-order valence-corrected chi connectivity index (χ4v) is 2.27. The first-order valence-electron chi connectivity index (χ1n) is 6.73. The van der Waals surface area contributed by atoms with Crippen LogP contribution in [-0.4, -0.2) is 23.2 Å². The normalized spacial score (nSPS) is 18.9. The molecule has 2 aromatic rings. The van der Waals surface area contributed by atoms with Crippen molar-refractivity contribution >= 4 is 0 Å². The highest BCUT2D eigenvalue weighted by Gasteiger charge is 2.20. The molecule has 1 aromatic carbocycles. The van der Waals surface area contributed by atoms with E-state index in [9.17, 15) is 4.39 Å². The van der Waals surface area contributed by atoms with Crippen molar-refractivity contribution < 1.29 is 13.7 Å². The highest BCUT2D eigenvalue weighted by Crippen LogP contribution is 2.21. The number of halogens is 1. The maximum absolute atomic E-state index is 13.4. The zero-order valence-electron chi connectivity index (χ0n) is 11.0. The second-order valence-corrected chi connectivity index (χ2v) is 4.81. The van der Waals surface area contributed by atoms with Gasteiger partial charge in [-0.1, -0.05) is 17.3 Å². The van der Waals surface area contributed by atoms with Crippen LogP contribution < -0.4 is 10.1 Å². The molecule has 6 heteroatoms. The fourth-order valence-electron chi connectivity index (χ4n) is 2.27. The molecular weight excluding hydrogens is 261 g/mol. The highest BCUT2D eigenvalue weighted by molar-refractivity contribution is 5.23. The van der Waals surface area contributed by atoms with Gasteiger partial charge in [0.05, 0.1) is 0 Å². The lowest BCUT2D eigenvalue weighted by Crippen LogP contribution is -2.28. The summed E-state index contributed by atoms with van der Waals surface area (Å²) < 4.78 is 23.9. The maximum Gasteiger partial charge on any atom is 0.264 e. The molecule has 1 aliphatic heterocycles. The Bertz CT molecular complexity index is 567. The number of piperidine rings is 1. The standard InChI is InChI=1S/C14H16FN3O2/c15-11-5-1-2-6-12(11)19-9-13-17-14(18-20-13)10-4-3-7-16-8-10/h1-2,5-6,10,16H,3-4,7-9H2. The van der Waals surface area contributed by atoms with Crippen molar-refractivity contribution in [3.63, 3.8) is 0 Å². The quantitative estimate of drug-likeness (QED) is 0.928. The van der Waals surface area contributed by atoms with Crippen LogP contribution in [0, 0.1) is 5.82 Å². The predicted molar refractivity (Wildman–Crippen MR) is 69.9 cm³/mol. The summed E-state index contributed by atoms with van der Waals surface area (Å²) in [7, 11) is 0. The molecule has 5 nitrogen and oxygen atoms in total. The van der Waals surface area contributed by atoms with E-state index in [0.29, 0.717) is 11.7 Å². The smallest absolute Gasteiger partial charge is 0.264 e. The van der Waals surface area contributed by atoms with Crippen LogP contribution in [0.4, 0.5) is 4.39 Å². The van der Waals surface area contributed by atoms with E-state index in [2.05, 4.69) is 15.5 Å². The van der Waals surface area contributed by atoms with Crippen molar-refractivity contribution in [3.8, 4) is 5.75 Å². The number of para-hydroxylation sites is 1. The van der Waals surface area contributed by atoms with E-state index in [-0.39, 0.29) is 18.3 Å². The van der Waals surface area contributed by atoms with Crippen molar-refractivity contribution in [3.05, 3.63) is 41.8 Å². The average Bonchev–Trinajstić information content (AvgIpc) is 2.96. The van der Waals surface area contributed by atoms with E-state index >= 15 is 0 Å². The maximum atomic E-state index is 13.4. The molecule has 0 radical (unpaired) electrons. The molecule has 1 saturated heterocycles. The molecule has 0 spiro atoms. The van der Waals surface area contributed by atoms with Gasteiger partial charge in [0.2, 0.25) is 0 Å². The van der Waals surface area contributed by atoms with Gasteiger partial charge in [-0.2, -0.15) is 4.98 Å². The van der Waals surface area contributed by atoms with Gasteiger partial charge in [-0.3, -0.25) is 0 Å². The lowest BCUT2D eigenvalue weighted by Gasteiger charge is -2.19. The first-order valence-corrected chi connectivity index (χ1v) is 6.73. The summed E-state index contributed by atoms with van der Waals surface area (Å²) in [4.78, 5) is 4.31. The minimum Gasteiger partial charge on any atom is -0.481 e. The number of hydrogen-bond acceptors (Lipinski definition) is 5. The van der Waals surface area contributed by atoms with Crippen LogP contribution in [0.5, 0.6) is 5.75 Å². The van der Waals surface area contributed by atoms with Gasteiger partial charge in [0.15, 0.2) is 24.0 Å². The van der Waals surface area contributed by atoms with Gasteiger partial charge in [-0.25, -0.2) is 4.39 Å². The summed E-state index contributed by atoms with van der Waals surface area (Å²) in [5.41, 5.74) is 0. The Hall–Kier alpha value is -1.95. The Morgan fingerprint density at radius 1 is 1.40 bits per heavy atom. The number of hydrogen-bond donors (Lipinski definition) is 1. The van der Waals surface area contributed by atoms with Crippen LogP contribution in [0.25, 0.3) is 0 Å². The molecule has 1 atom stereocenters. The van der Waals surface area contributed by atoms with E-state index in [1.807, 2.05) is 0 Å². The molecule has 0 saturated carbocycles. The van der Waals surface area contributed by atoms with Gasteiger partial charge < -0.3 is 14.6 Å². The summed E-state index contributed by atoms with van der Waals surface area (Å²) in [6.45, 7) is 1.98. The Balaban J connectivity index is 1.61. The molecule has 20 heavy (non-hydrogen) atoms. The summed E-state index contributed by atoms with van der Waals surface area (Å²) in [5, 5.41) is 7.28. The van der Waals surface area contributed by atoms with Crippen LogP contribution in [0.2, 0.25) is 0 Å². The van der Waals surface area contributed by atoms with Crippen LogP contribution in [0.15, 0.2) is 28.8 Å². The third-order valence-corrected chi connectivity index (χ3v) is 3.33. The lowest BCUT2D eigenvalue weighted by atomic mass is 9.99. The van der Waals surface area contributed by atoms with Crippen molar-refractivity contribution in [2.45, 2.75) is 25.4 Å². The Morgan fingerprint density at radius 2 is 2.30 bits per heavy atom. The number of nitrogens with zero attached hydrogens (tertiary/aromatic N) is 2. The molecule has 106 valence electrons. The van der Waals surface area contributed by atoms with Gasteiger partial charge in [0, 0.05) is 12.5 Å². The Labute approximate surface area is 116 Å². The number of aromatic nitrogens is 2. The molecule has 1 aliphatic rings. The second kappa shape index (κ2) is 6.00. The third kappa shape index (κ3) is 2.96. The number of ether oxygens (including phenoxy) is 1. The molecule has 2 heterocycles. The lowest BCUT2D eigenvalue weighted by molar-refractivity contribution is 0.233. The fraction of sp³-hybridized carbons (Fsp3) is 0.429. The van der Waals surface area contributed by atoms with Crippen molar-refractivity contribution in [2.75, 3.05) is 13.1 Å². The molecule has 0 amide bonds. The van der Waals surface area contributed by atoms with Crippen molar-refractivity contribution in [1.29, 1.82) is 0 Å². The number of benzene rings is 1. The predicted octanol–water partition coefficient (Wildman–Crippen LogP) is 2.25. The monoisotopic (exact) mass is 277 g/mol. The zero-order chi connectivity index (χ0) is 13.8. The van der Waals surface area contributed by atoms with Gasteiger partial charge in [0.25, 0.3) is 5.89 Å². The topological polar surface area (TPSA) is 60.2 Å². The number of nitrogens with one attached hydrogen (secondary N) is 1. The van der Waals surface area contributed by atoms with Gasteiger partial charge >= 0.3 is 0 Å². The van der Waals surface area contributed by atoms with Crippen molar-refractivity contribution in [1.82, 2.24) is 15.5 Å². The largest absolute Gasteiger partial charge is 0.481 e. The molecule has 1 unspecified atom stereocenters. The van der Waals surface area contributed by atoms with Crippen LogP contribution in [-0.2, 0) is 6.61 Å². The molecule has 3 rings (SSSR count). The third-order valence-electron chi connectivity index (χ3n) is 3.33. The molecule has 0 bridgehead atoms. The van der Waals surface area contributed by atoms with E-state index in [4.69, 9.17) is 9.26 Å². The van der Waals surface area contributed by atoms with E-state index < -0.39 is 5.82 Å². The number of rotatable bonds is 4. The molecule has 1 aromatic heterocycles. The minimum absolute atomic E-state index is 0.0775.